The average Bonchev–Trinajstić information content (AvgIpc) is 3.16. The number of hydrogen-bond donors (Lipinski definition) is 2. The summed E-state index contributed by atoms with van der Waals surface area (Å²) in [5, 5.41) is 6.14. The van der Waals surface area contributed by atoms with E-state index in [9.17, 15) is 14.4 Å². The fourth-order valence-corrected chi connectivity index (χ4v) is 4.21. The Morgan fingerprint density at radius 3 is 2.61 bits per heavy atom. The summed E-state index contributed by atoms with van der Waals surface area (Å²) in [6, 6.07) is 10.9. The minimum absolute atomic E-state index is 0.111. The molecule has 0 spiro atoms. The first-order valence-electron chi connectivity index (χ1n) is 10.8. The van der Waals surface area contributed by atoms with Crippen molar-refractivity contribution in [2.24, 2.45) is 0 Å². The monoisotopic (exact) mass is 468 g/mol. The second kappa shape index (κ2) is 11.0. The lowest BCUT2D eigenvalue weighted by Gasteiger charge is -2.11. The molecular formula is C24H28N4O4S. The molecule has 0 aliphatic rings. The number of benzene rings is 2. The van der Waals surface area contributed by atoms with Crippen LogP contribution in [0.2, 0.25) is 0 Å². The predicted octanol–water partition coefficient (Wildman–Crippen LogP) is 3.70. The molecule has 2 amide bonds. The van der Waals surface area contributed by atoms with E-state index in [2.05, 4.69) is 15.6 Å². The molecule has 33 heavy (non-hydrogen) atoms. The minimum atomic E-state index is -0.391. The van der Waals surface area contributed by atoms with Crippen molar-refractivity contribution in [2.75, 3.05) is 24.2 Å². The normalized spacial score (nSPS) is 10.8. The van der Waals surface area contributed by atoms with Gasteiger partial charge in [-0.3, -0.25) is 9.59 Å². The number of amides is 2. The van der Waals surface area contributed by atoms with Crippen LogP contribution in [0, 0.1) is 13.8 Å². The largest absolute Gasteiger partial charge is 0.462 e. The van der Waals surface area contributed by atoms with Crippen LogP contribution in [0.1, 0.15) is 35.3 Å². The standard InChI is InChI=1S/C24H28N4O4S/c1-5-28-20-11-10-17(23(31)32-6-2)12-19(20)27-24(28)33-14-22(30)25-13-21(29)26-18-9-7-8-15(3)16(18)4/h7-12H,5-6,13-14H2,1-4H3,(H,25,30)(H,26,29). The fourth-order valence-electron chi connectivity index (χ4n) is 3.31. The van der Waals surface area contributed by atoms with Crippen molar-refractivity contribution in [1.82, 2.24) is 14.9 Å². The summed E-state index contributed by atoms with van der Waals surface area (Å²) in [6.45, 7) is 8.52. The van der Waals surface area contributed by atoms with Gasteiger partial charge in [0.25, 0.3) is 0 Å². The lowest BCUT2D eigenvalue weighted by Crippen LogP contribution is -2.34. The number of carbonyl (C=O) groups is 3. The van der Waals surface area contributed by atoms with Gasteiger partial charge in [-0.25, -0.2) is 9.78 Å². The van der Waals surface area contributed by atoms with E-state index in [0.717, 1.165) is 22.3 Å². The Morgan fingerprint density at radius 1 is 1.09 bits per heavy atom. The van der Waals surface area contributed by atoms with Gasteiger partial charge in [-0.1, -0.05) is 23.9 Å². The zero-order chi connectivity index (χ0) is 24.0. The smallest absolute Gasteiger partial charge is 0.338 e. The number of aryl methyl sites for hydroxylation is 2. The first-order chi connectivity index (χ1) is 15.8. The maximum atomic E-state index is 12.3. The third kappa shape index (κ3) is 5.92. The van der Waals surface area contributed by atoms with Crippen LogP contribution in [-0.4, -0.2) is 46.2 Å². The van der Waals surface area contributed by atoms with Crippen molar-refractivity contribution in [2.45, 2.75) is 39.4 Å². The molecule has 0 fully saturated rings. The fraction of sp³-hybridized carbons (Fsp3) is 0.333. The van der Waals surface area contributed by atoms with E-state index in [1.165, 1.54) is 11.8 Å². The minimum Gasteiger partial charge on any atom is -0.462 e. The number of esters is 1. The molecule has 174 valence electrons. The number of nitrogens with zero attached hydrogens (tertiary/aromatic N) is 2. The lowest BCUT2D eigenvalue weighted by atomic mass is 10.1. The van der Waals surface area contributed by atoms with Gasteiger partial charge in [0.1, 0.15) is 0 Å². The number of fused-ring (bicyclic) bond motifs is 1. The van der Waals surface area contributed by atoms with Gasteiger partial charge in [-0.2, -0.15) is 0 Å². The van der Waals surface area contributed by atoms with Crippen LogP contribution in [0.4, 0.5) is 5.69 Å². The number of imidazole rings is 1. The zero-order valence-corrected chi connectivity index (χ0v) is 20.0. The van der Waals surface area contributed by atoms with E-state index in [1.807, 2.05) is 49.6 Å². The van der Waals surface area contributed by atoms with Gasteiger partial charge in [0.05, 0.1) is 35.5 Å². The van der Waals surface area contributed by atoms with Crippen molar-refractivity contribution in [1.29, 1.82) is 0 Å². The Balaban J connectivity index is 1.58. The van der Waals surface area contributed by atoms with Gasteiger partial charge in [0, 0.05) is 12.2 Å². The van der Waals surface area contributed by atoms with Crippen LogP contribution in [0.5, 0.6) is 0 Å². The molecule has 9 heteroatoms. The van der Waals surface area contributed by atoms with Crippen molar-refractivity contribution in [3.8, 4) is 0 Å². The van der Waals surface area contributed by atoms with Crippen molar-refractivity contribution >= 4 is 46.3 Å². The van der Waals surface area contributed by atoms with E-state index in [-0.39, 0.29) is 24.1 Å². The van der Waals surface area contributed by atoms with Gasteiger partial charge in [0.2, 0.25) is 11.8 Å². The molecule has 2 aromatic carbocycles. The molecule has 0 saturated heterocycles. The van der Waals surface area contributed by atoms with Crippen LogP contribution in [-0.2, 0) is 20.9 Å². The molecule has 0 unspecified atom stereocenters. The lowest BCUT2D eigenvalue weighted by molar-refractivity contribution is -0.122. The van der Waals surface area contributed by atoms with E-state index in [0.29, 0.717) is 29.4 Å². The molecule has 2 N–H and O–H groups in total. The van der Waals surface area contributed by atoms with Crippen LogP contribution < -0.4 is 10.6 Å². The third-order valence-electron chi connectivity index (χ3n) is 5.20. The maximum absolute atomic E-state index is 12.3. The van der Waals surface area contributed by atoms with Crippen LogP contribution in [0.25, 0.3) is 11.0 Å². The number of nitrogens with one attached hydrogen (secondary N) is 2. The average molecular weight is 469 g/mol. The molecule has 0 bridgehead atoms. The summed E-state index contributed by atoms with van der Waals surface area (Å²) in [5.74, 6) is -0.823. The highest BCUT2D eigenvalue weighted by atomic mass is 32.2. The van der Waals surface area contributed by atoms with Crippen LogP contribution in [0.15, 0.2) is 41.6 Å². The van der Waals surface area contributed by atoms with E-state index < -0.39 is 5.97 Å². The quantitative estimate of drug-likeness (QED) is 0.367. The molecule has 0 radical (unpaired) electrons. The molecule has 0 aliphatic carbocycles. The van der Waals surface area contributed by atoms with E-state index in [4.69, 9.17) is 4.74 Å². The summed E-state index contributed by atoms with van der Waals surface area (Å²) in [7, 11) is 0. The highest BCUT2D eigenvalue weighted by Gasteiger charge is 2.15. The Bertz CT molecular complexity index is 1190. The van der Waals surface area contributed by atoms with E-state index >= 15 is 0 Å². The molecule has 3 aromatic rings. The number of carbonyl (C=O) groups excluding carboxylic acids is 3. The number of thioether (sulfide) groups is 1. The molecule has 0 aliphatic heterocycles. The second-order valence-electron chi connectivity index (χ2n) is 7.42. The Morgan fingerprint density at radius 2 is 1.88 bits per heavy atom. The van der Waals surface area contributed by atoms with E-state index in [1.54, 1.807) is 19.1 Å². The number of hydrogen-bond acceptors (Lipinski definition) is 6. The highest BCUT2D eigenvalue weighted by molar-refractivity contribution is 7.99. The SMILES string of the molecule is CCOC(=O)c1ccc2c(c1)nc(SCC(=O)NCC(=O)Nc1cccc(C)c1C)n2CC. The van der Waals surface area contributed by atoms with Crippen molar-refractivity contribution in [3.63, 3.8) is 0 Å². The number of aromatic nitrogens is 2. The van der Waals surface area contributed by atoms with Gasteiger partial charge >= 0.3 is 5.97 Å². The molecule has 3 rings (SSSR count). The van der Waals surface area contributed by atoms with Crippen LogP contribution in [0.3, 0.4) is 0 Å². The molecular weight excluding hydrogens is 440 g/mol. The van der Waals surface area contributed by atoms with Gasteiger partial charge < -0.3 is 19.9 Å². The van der Waals surface area contributed by atoms with Crippen LogP contribution >= 0.6 is 11.8 Å². The molecule has 1 heterocycles. The van der Waals surface area contributed by atoms with Crippen molar-refractivity contribution < 1.29 is 19.1 Å². The Hall–Kier alpha value is -3.33. The highest BCUT2D eigenvalue weighted by Crippen LogP contribution is 2.25. The first-order valence-corrected chi connectivity index (χ1v) is 11.8. The molecule has 0 saturated carbocycles. The van der Waals surface area contributed by atoms with Crippen molar-refractivity contribution in [3.05, 3.63) is 53.1 Å². The summed E-state index contributed by atoms with van der Waals surface area (Å²) in [4.78, 5) is 41.1. The summed E-state index contributed by atoms with van der Waals surface area (Å²) in [6.07, 6.45) is 0. The summed E-state index contributed by atoms with van der Waals surface area (Å²) < 4.78 is 7.03. The predicted molar refractivity (Wildman–Crippen MR) is 130 cm³/mol. The second-order valence-corrected chi connectivity index (χ2v) is 8.37. The summed E-state index contributed by atoms with van der Waals surface area (Å²) in [5.41, 5.74) is 4.80. The topological polar surface area (TPSA) is 102 Å². The van der Waals surface area contributed by atoms with Gasteiger partial charge in [-0.05, 0) is 63.1 Å². The van der Waals surface area contributed by atoms with Gasteiger partial charge in [-0.15, -0.1) is 0 Å². The Labute approximate surface area is 197 Å². The molecule has 0 atom stereocenters. The number of anilines is 1. The number of rotatable bonds is 9. The Kier molecular flexibility index (Phi) is 8.11. The number of ether oxygens (including phenoxy) is 1. The molecule has 1 aromatic heterocycles. The van der Waals surface area contributed by atoms with Gasteiger partial charge in [0.15, 0.2) is 5.16 Å². The third-order valence-corrected chi connectivity index (χ3v) is 6.17. The summed E-state index contributed by atoms with van der Waals surface area (Å²) >= 11 is 1.28. The molecule has 8 nitrogen and oxygen atoms in total. The maximum Gasteiger partial charge on any atom is 0.338 e. The zero-order valence-electron chi connectivity index (χ0n) is 19.2. The first kappa shape index (κ1) is 24.3.